The number of aromatic amines is 1. The molecule has 2 N–H and O–H groups in total. The van der Waals surface area contributed by atoms with Crippen LogP contribution in [0.25, 0.3) is 22.4 Å². The third-order valence-corrected chi connectivity index (χ3v) is 4.75. The van der Waals surface area contributed by atoms with Gasteiger partial charge in [-0.3, -0.25) is 9.67 Å². The Kier molecular flexibility index (Phi) is 4.52. The van der Waals surface area contributed by atoms with Crippen LogP contribution in [0.1, 0.15) is 15.9 Å². The SMILES string of the molecule is O=C(O)c1ccccc1CCn1c(-c2ccc3ccccc3n2)n[nH]c1=S. The fourth-order valence-electron chi connectivity index (χ4n) is 3.09. The van der Waals surface area contributed by atoms with Crippen LogP contribution in [0, 0.1) is 4.77 Å². The molecule has 0 saturated heterocycles. The van der Waals surface area contributed by atoms with Crippen molar-refractivity contribution in [3.63, 3.8) is 0 Å². The van der Waals surface area contributed by atoms with Gasteiger partial charge in [-0.2, -0.15) is 5.10 Å². The van der Waals surface area contributed by atoms with Gasteiger partial charge >= 0.3 is 5.97 Å². The Labute approximate surface area is 160 Å². The number of para-hydroxylation sites is 1. The smallest absolute Gasteiger partial charge is 0.335 e. The normalized spacial score (nSPS) is 11.0. The lowest BCUT2D eigenvalue weighted by molar-refractivity contribution is 0.0695. The number of hydrogen-bond acceptors (Lipinski definition) is 4. The van der Waals surface area contributed by atoms with Gasteiger partial charge in [0.25, 0.3) is 0 Å². The summed E-state index contributed by atoms with van der Waals surface area (Å²) >= 11 is 5.37. The number of nitrogens with one attached hydrogen (secondary N) is 1. The quantitative estimate of drug-likeness (QED) is 0.513. The standard InChI is InChI=1S/C20H16N4O2S/c25-19(26)15-7-3-1-5-13(15)11-12-24-18(22-23-20(24)27)17-10-9-14-6-2-4-8-16(14)21-17/h1-10H,11-12H2,(H,23,27)(H,25,26). The molecule has 7 heteroatoms. The molecule has 4 aromatic rings. The van der Waals surface area contributed by atoms with E-state index in [-0.39, 0.29) is 0 Å². The number of pyridine rings is 1. The zero-order chi connectivity index (χ0) is 18.8. The molecule has 6 nitrogen and oxygen atoms in total. The summed E-state index contributed by atoms with van der Waals surface area (Å²) in [5.41, 5.74) is 2.66. The van der Waals surface area contributed by atoms with Crippen molar-refractivity contribution in [2.75, 3.05) is 0 Å². The minimum Gasteiger partial charge on any atom is -0.478 e. The molecule has 0 aliphatic carbocycles. The van der Waals surface area contributed by atoms with E-state index < -0.39 is 5.97 Å². The first-order valence-corrected chi connectivity index (χ1v) is 8.87. The molecular formula is C20H16N4O2S. The summed E-state index contributed by atoms with van der Waals surface area (Å²) < 4.78 is 2.33. The molecule has 0 bridgehead atoms. The van der Waals surface area contributed by atoms with Gasteiger partial charge in [0.05, 0.1) is 11.1 Å². The van der Waals surface area contributed by atoms with Crippen molar-refractivity contribution in [1.82, 2.24) is 19.7 Å². The lowest BCUT2D eigenvalue weighted by Gasteiger charge is -2.09. The Morgan fingerprint density at radius 2 is 1.85 bits per heavy atom. The van der Waals surface area contributed by atoms with E-state index in [1.54, 1.807) is 12.1 Å². The maximum atomic E-state index is 11.4. The summed E-state index contributed by atoms with van der Waals surface area (Å²) in [5, 5.41) is 17.6. The molecule has 0 aliphatic rings. The second-order valence-corrected chi connectivity index (χ2v) is 6.49. The van der Waals surface area contributed by atoms with E-state index in [4.69, 9.17) is 12.2 Å². The molecule has 2 heterocycles. The Bertz CT molecular complexity index is 1200. The van der Waals surface area contributed by atoms with Crippen molar-refractivity contribution in [1.29, 1.82) is 0 Å². The summed E-state index contributed by atoms with van der Waals surface area (Å²) in [7, 11) is 0. The fraction of sp³-hybridized carbons (Fsp3) is 0.100. The number of rotatable bonds is 5. The zero-order valence-corrected chi connectivity index (χ0v) is 15.1. The lowest BCUT2D eigenvalue weighted by Crippen LogP contribution is -2.08. The monoisotopic (exact) mass is 376 g/mol. The maximum absolute atomic E-state index is 11.4. The Hall–Kier alpha value is -3.32. The van der Waals surface area contributed by atoms with Crippen LogP contribution in [0.15, 0.2) is 60.7 Å². The predicted octanol–water partition coefficient (Wildman–Crippen LogP) is 4.10. The summed E-state index contributed by atoms with van der Waals surface area (Å²) in [5.74, 6) is -0.295. The number of fused-ring (bicyclic) bond motifs is 1. The first-order valence-electron chi connectivity index (χ1n) is 8.46. The van der Waals surface area contributed by atoms with Crippen LogP contribution in [0.3, 0.4) is 0 Å². The summed E-state index contributed by atoms with van der Waals surface area (Å²) in [6, 6.07) is 18.8. The largest absolute Gasteiger partial charge is 0.478 e. The lowest BCUT2D eigenvalue weighted by atomic mass is 10.0. The van der Waals surface area contributed by atoms with Gasteiger partial charge in [-0.25, -0.2) is 9.78 Å². The third-order valence-electron chi connectivity index (χ3n) is 4.44. The molecule has 134 valence electrons. The van der Waals surface area contributed by atoms with Crippen LogP contribution >= 0.6 is 12.2 Å². The molecule has 2 aromatic heterocycles. The molecule has 0 spiro atoms. The van der Waals surface area contributed by atoms with Gasteiger partial charge in [0.1, 0.15) is 5.69 Å². The van der Waals surface area contributed by atoms with Gasteiger partial charge in [0, 0.05) is 11.9 Å². The molecule has 0 saturated carbocycles. The fourth-order valence-corrected chi connectivity index (χ4v) is 3.31. The third kappa shape index (κ3) is 3.37. The van der Waals surface area contributed by atoms with Crippen LogP contribution < -0.4 is 0 Å². The molecular weight excluding hydrogens is 360 g/mol. The molecule has 0 unspecified atom stereocenters. The Balaban J connectivity index is 1.68. The molecule has 27 heavy (non-hydrogen) atoms. The van der Waals surface area contributed by atoms with Crippen LogP contribution in [0.4, 0.5) is 0 Å². The molecule has 4 rings (SSSR count). The molecule has 0 amide bonds. The van der Waals surface area contributed by atoms with E-state index in [9.17, 15) is 9.90 Å². The number of aryl methyl sites for hydroxylation is 1. The number of carboxylic acids is 1. The number of aromatic carboxylic acids is 1. The molecule has 2 aromatic carbocycles. The Morgan fingerprint density at radius 1 is 1.07 bits per heavy atom. The van der Waals surface area contributed by atoms with Crippen LogP contribution in [0.2, 0.25) is 0 Å². The van der Waals surface area contributed by atoms with E-state index in [0.717, 1.165) is 16.5 Å². The van der Waals surface area contributed by atoms with Crippen molar-refractivity contribution in [3.8, 4) is 11.5 Å². The average molecular weight is 376 g/mol. The second kappa shape index (κ2) is 7.13. The minimum atomic E-state index is -0.933. The van der Waals surface area contributed by atoms with Crippen molar-refractivity contribution < 1.29 is 9.90 Å². The topological polar surface area (TPSA) is 83.8 Å². The second-order valence-electron chi connectivity index (χ2n) is 6.11. The highest BCUT2D eigenvalue weighted by atomic mass is 32.1. The number of aromatic nitrogens is 4. The summed E-state index contributed by atoms with van der Waals surface area (Å²) in [6.07, 6.45) is 0.525. The van der Waals surface area contributed by atoms with Crippen LogP contribution in [0.5, 0.6) is 0 Å². The molecule has 0 radical (unpaired) electrons. The predicted molar refractivity (Wildman–Crippen MR) is 105 cm³/mol. The number of benzene rings is 2. The van der Waals surface area contributed by atoms with Gasteiger partial charge in [-0.05, 0) is 42.4 Å². The first kappa shape index (κ1) is 17.1. The molecule has 0 aliphatic heterocycles. The number of H-pyrrole nitrogens is 1. The number of hydrogen-bond donors (Lipinski definition) is 2. The van der Waals surface area contributed by atoms with Gasteiger partial charge in [-0.15, -0.1) is 0 Å². The van der Waals surface area contributed by atoms with Crippen LogP contribution in [-0.4, -0.2) is 30.8 Å². The van der Waals surface area contributed by atoms with E-state index in [1.165, 1.54) is 0 Å². The number of nitrogens with zero attached hydrogens (tertiary/aromatic N) is 3. The van der Waals surface area contributed by atoms with Gasteiger partial charge in [0.2, 0.25) is 0 Å². The average Bonchev–Trinajstić information content (AvgIpc) is 3.06. The minimum absolute atomic E-state index is 0.304. The Morgan fingerprint density at radius 3 is 2.70 bits per heavy atom. The van der Waals surface area contributed by atoms with E-state index in [1.807, 2.05) is 53.1 Å². The van der Waals surface area contributed by atoms with Gasteiger partial charge in [-0.1, -0.05) is 42.5 Å². The zero-order valence-electron chi connectivity index (χ0n) is 14.3. The summed E-state index contributed by atoms with van der Waals surface area (Å²) in [4.78, 5) is 16.1. The van der Waals surface area contributed by atoms with Crippen molar-refractivity contribution in [3.05, 3.63) is 76.6 Å². The van der Waals surface area contributed by atoms with Crippen LogP contribution in [-0.2, 0) is 13.0 Å². The number of carboxylic acid groups (broad SMARTS) is 1. The van der Waals surface area contributed by atoms with E-state index in [2.05, 4.69) is 15.2 Å². The molecule has 0 fully saturated rings. The van der Waals surface area contributed by atoms with Gasteiger partial charge in [0.15, 0.2) is 10.6 Å². The summed E-state index contributed by atoms with van der Waals surface area (Å²) in [6.45, 7) is 0.503. The highest BCUT2D eigenvalue weighted by Crippen LogP contribution is 2.20. The van der Waals surface area contributed by atoms with Crippen molar-refractivity contribution in [2.45, 2.75) is 13.0 Å². The van der Waals surface area contributed by atoms with Crippen molar-refractivity contribution in [2.24, 2.45) is 0 Å². The van der Waals surface area contributed by atoms with E-state index >= 15 is 0 Å². The molecule has 0 atom stereocenters. The first-order chi connectivity index (χ1) is 13.1. The maximum Gasteiger partial charge on any atom is 0.335 e. The van der Waals surface area contributed by atoms with E-state index in [0.29, 0.717) is 34.8 Å². The number of carbonyl (C=O) groups is 1. The van der Waals surface area contributed by atoms with Crippen molar-refractivity contribution >= 4 is 29.1 Å². The highest BCUT2D eigenvalue weighted by Gasteiger charge is 2.13. The van der Waals surface area contributed by atoms with Gasteiger partial charge < -0.3 is 5.11 Å². The highest BCUT2D eigenvalue weighted by molar-refractivity contribution is 7.71.